The van der Waals surface area contributed by atoms with Crippen molar-refractivity contribution in [3.05, 3.63) is 52.5 Å². The highest BCUT2D eigenvalue weighted by Gasteiger charge is 2.23. The summed E-state index contributed by atoms with van der Waals surface area (Å²) < 4.78 is 0. The minimum atomic E-state index is -0.0944. The molecule has 25 heavy (non-hydrogen) atoms. The quantitative estimate of drug-likeness (QED) is 0.760. The van der Waals surface area contributed by atoms with Crippen LogP contribution in [-0.2, 0) is 4.79 Å². The first kappa shape index (κ1) is 17.9. The van der Waals surface area contributed by atoms with Gasteiger partial charge in [-0.3, -0.25) is 4.79 Å². The summed E-state index contributed by atoms with van der Waals surface area (Å²) in [5, 5.41) is 13.1. The molecule has 0 saturated carbocycles. The van der Waals surface area contributed by atoms with E-state index in [2.05, 4.69) is 10.2 Å². The molecule has 132 valence electrons. The number of piperazine rings is 1. The molecule has 0 aliphatic carbocycles. The van der Waals surface area contributed by atoms with Crippen molar-refractivity contribution in [1.29, 1.82) is 0 Å². The molecule has 0 unspecified atom stereocenters. The van der Waals surface area contributed by atoms with Crippen LogP contribution in [-0.4, -0.2) is 43.7 Å². The number of nitrogens with zero attached hydrogens (tertiary/aromatic N) is 1. The summed E-state index contributed by atoms with van der Waals surface area (Å²) in [6.45, 7) is 3.83. The lowest BCUT2D eigenvalue weighted by molar-refractivity contribution is -0.892. The van der Waals surface area contributed by atoms with Gasteiger partial charge >= 0.3 is 0 Å². The standard InChI is InChI=1S/C18H19Cl2N3O2/c19-15-2-1-3-16(20)18(15)21-17(25)12-22-8-10-23(11-9-22)13-4-6-14(24)7-5-13/h1-7,24H,8-12H2,(H,21,25)/p+1. The summed E-state index contributed by atoms with van der Waals surface area (Å²) in [5.74, 6) is 0.172. The van der Waals surface area contributed by atoms with E-state index in [-0.39, 0.29) is 11.7 Å². The molecule has 3 rings (SSSR count). The van der Waals surface area contributed by atoms with Crippen LogP contribution in [0.3, 0.4) is 0 Å². The van der Waals surface area contributed by atoms with Crippen LogP contribution in [0.5, 0.6) is 5.75 Å². The Hall–Kier alpha value is -1.95. The molecule has 1 aliphatic heterocycles. The van der Waals surface area contributed by atoms with Gasteiger partial charge in [-0.15, -0.1) is 0 Å². The summed E-state index contributed by atoms with van der Waals surface area (Å²) in [5.41, 5.74) is 1.56. The van der Waals surface area contributed by atoms with Crippen molar-refractivity contribution < 1.29 is 14.8 Å². The number of hydrogen-bond acceptors (Lipinski definition) is 3. The Morgan fingerprint density at radius 1 is 1.08 bits per heavy atom. The van der Waals surface area contributed by atoms with Crippen LogP contribution in [0.4, 0.5) is 11.4 Å². The molecule has 1 heterocycles. The zero-order chi connectivity index (χ0) is 17.8. The number of para-hydroxylation sites is 1. The van der Waals surface area contributed by atoms with Crippen molar-refractivity contribution in [3.63, 3.8) is 0 Å². The number of phenols is 1. The summed E-state index contributed by atoms with van der Waals surface area (Å²) in [4.78, 5) is 15.8. The Kier molecular flexibility index (Phi) is 5.68. The van der Waals surface area contributed by atoms with Crippen molar-refractivity contribution in [1.82, 2.24) is 0 Å². The van der Waals surface area contributed by atoms with E-state index in [4.69, 9.17) is 23.2 Å². The van der Waals surface area contributed by atoms with E-state index in [1.165, 1.54) is 4.90 Å². The maximum absolute atomic E-state index is 12.3. The Balaban J connectivity index is 1.52. The molecular formula is C18H20Cl2N3O2+. The number of carbonyl (C=O) groups is 1. The van der Waals surface area contributed by atoms with Crippen LogP contribution in [0, 0.1) is 0 Å². The molecule has 3 N–H and O–H groups in total. The minimum absolute atomic E-state index is 0.0944. The Labute approximate surface area is 156 Å². The second-order valence-corrected chi connectivity index (χ2v) is 6.89. The molecule has 0 atom stereocenters. The third-order valence-corrected chi connectivity index (χ3v) is 4.95. The zero-order valence-corrected chi connectivity index (χ0v) is 15.1. The van der Waals surface area contributed by atoms with Gasteiger partial charge in [-0.2, -0.15) is 0 Å². The number of aromatic hydroxyl groups is 1. The Morgan fingerprint density at radius 2 is 1.68 bits per heavy atom. The third-order valence-electron chi connectivity index (χ3n) is 4.32. The summed E-state index contributed by atoms with van der Waals surface area (Å²) in [7, 11) is 0. The zero-order valence-electron chi connectivity index (χ0n) is 13.6. The van der Waals surface area contributed by atoms with Gasteiger partial charge in [0.05, 0.1) is 41.9 Å². The number of nitrogens with one attached hydrogen (secondary N) is 2. The van der Waals surface area contributed by atoms with E-state index >= 15 is 0 Å². The molecule has 0 spiro atoms. The molecule has 1 fully saturated rings. The van der Waals surface area contributed by atoms with Crippen molar-refractivity contribution in [2.45, 2.75) is 0 Å². The van der Waals surface area contributed by atoms with E-state index in [1.807, 2.05) is 12.1 Å². The smallest absolute Gasteiger partial charge is 0.279 e. The fourth-order valence-electron chi connectivity index (χ4n) is 2.95. The number of carbonyl (C=O) groups excluding carboxylic acids is 1. The number of amides is 1. The van der Waals surface area contributed by atoms with Crippen LogP contribution in [0.15, 0.2) is 42.5 Å². The molecule has 2 aromatic rings. The number of benzene rings is 2. The second kappa shape index (κ2) is 7.95. The predicted octanol–water partition coefficient (Wildman–Crippen LogP) is 2.04. The first-order valence-electron chi connectivity index (χ1n) is 8.14. The highest BCUT2D eigenvalue weighted by Crippen LogP contribution is 2.29. The topological polar surface area (TPSA) is 57.0 Å². The van der Waals surface area contributed by atoms with Gasteiger partial charge in [0.1, 0.15) is 5.75 Å². The van der Waals surface area contributed by atoms with Gasteiger partial charge in [-0.25, -0.2) is 0 Å². The van der Waals surface area contributed by atoms with Gasteiger partial charge in [-0.05, 0) is 36.4 Å². The highest BCUT2D eigenvalue weighted by atomic mass is 35.5. The molecule has 1 amide bonds. The fraction of sp³-hybridized carbons (Fsp3) is 0.278. The number of rotatable bonds is 4. The van der Waals surface area contributed by atoms with Gasteiger partial charge in [0.15, 0.2) is 6.54 Å². The second-order valence-electron chi connectivity index (χ2n) is 6.08. The summed E-state index contributed by atoms with van der Waals surface area (Å²) in [6.07, 6.45) is 0. The van der Waals surface area contributed by atoms with E-state index in [1.54, 1.807) is 30.3 Å². The van der Waals surface area contributed by atoms with Crippen molar-refractivity contribution >= 4 is 40.5 Å². The van der Waals surface area contributed by atoms with Crippen molar-refractivity contribution in [2.24, 2.45) is 0 Å². The van der Waals surface area contributed by atoms with Crippen LogP contribution in [0.25, 0.3) is 0 Å². The molecule has 1 saturated heterocycles. The largest absolute Gasteiger partial charge is 0.508 e. The molecule has 7 heteroatoms. The first-order valence-corrected chi connectivity index (χ1v) is 8.90. The van der Waals surface area contributed by atoms with Crippen LogP contribution in [0.1, 0.15) is 0 Å². The summed E-state index contributed by atoms with van der Waals surface area (Å²) in [6, 6.07) is 12.3. The van der Waals surface area contributed by atoms with E-state index in [9.17, 15) is 9.90 Å². The number of quaternary nitrogens is 1. The normalized spacial score (nSPS) is 15.2. The van der Waals surface area contributed by atoms with E-state index in [0.717, 1.165) is 31.9 Å². The predicted molar refractivity (Wildman–Crippen MR) is 101 cm³/mol. The maximum Gasteiger partial charge on any atom is 0.279 e. The van der Waals surface area contributed by atoms with Crippen molar-refractivity contribution in [2.75, 3.05) is 42.9 Å². The van der Waals surface area contributed by atoms with Gasteiger partial charge in [0.25, 0.3) is 5.91 Å². The molecular weight excluding hydrogens is 361 g/mol. The lowest BCUT2D eigenvalue weighted by Gasteiger charge is -2.33. The summed E-state index contributed by atoms with van der Waals surface area (Å²) >= 11 is 12.2. The lowest BCUT2D eigenvalue weighted by Crippen LogP contribution is -3.15. The fourth-order valence-corrected chi connectivity index (χ4v) is 3.44. The molecule has 2 aromatic carbocycles. The van der Waals surface area contributed by atoms with E-state index < -0.39 is 0 Å². The van der Waals surface area contributed by atoms with Crippen molar-refractivity contribution in [3.8, 4) is 5.75 Å². The number of phenolic OH excluding ortho intramolecular Hbond substituents is 1. The first-order chi connectivity index (χ1) is 12.0. The average molecular weight is 381 g/mol. The molecule has 1 aliphatic rings. The molecule has 0 radical (unpaired) electrons. The van der Waals surface area contributed by atoms with Gasteiger partial charge < -0.3 is 20.2 Å². The SMILES string of the molecule is O=C(C[NH+]1CCN(c2ccc(O)cc2)CC1)Nc1c(Cl)cccc1Cl. The Morgan fingerprint density at radius 3 is 2.28 bits per heavy atom. The van der Waals surface area contributed by atoms with Gasteiger partial charge in [-0.1, -0.05) is 29.3 Å². The van der Waals surface area contributed by atoms with Gasteiger partial charge in [0.2, 0.25) is 0 Å². The van der Waals surface area contributed by atoms with E-state index in [0.29, 0.717) is 22.3 Å². The minimum Gasteiger partial charge on any atom is -0.508 e. The average Bonchev–Trinajstić information content (AvgIpc) is 2.60. The molecule has 5 nitrogen and oxygen atoms in total. The maximum atomic E-state index is 12.3. The highest BCUT2D eigenvalue weighted by molar-refractivity contribution is 6.39. The van der Waals surface area contributed by atoms with Crippen LogP contribution in [0.2, 0.25) is 10.0 Å². The Bertz CT molecular complexity index is 724. The number of halogens is 2. The number of hydrogen-bond donors (Lipinski definition) is 3. The lowest BCUT2D eigenvalue weighted by atomic mass is 10.2. The van der Waals surface area contributed by atoms with Crippen LogP contribution < -0.4 is 15.1 Å². The third kappa shape index (κ3) is 4.57. The van der Waals surface area contributed by atoms with Crippen LogP contribution >= 0.6 is 23.2 Å². The monoisotopic (exact) mass is 380 g/mol. The molecule has 0 aromatic heterocycles. The van der Waals surface area contributed by atoms with Gasteiger partial charge in [0, 0.05) is 5.69 Å². The molecule has 0 bridgehead atoms. The number of anilines is 2.